The van der Waals surface area contributed by atoms with E-state index >= 15 is 0 Å². The van der Waals surface area contributed by atoms with Gasteiger partial charge in [0.15, 0.2) is 5.75 Å². The monoisotopic (exact) mass is 211 g/mol. The van der Waals surface area contributed by atoms with Crippen LogP contribution in [0.1, 0.15) is 5.56 Å². The maximum atomic E-state index is 10.7. The zero-order chi connectivity index (χ0) is 11.6. The Hall–Kier alpha value is -1.60. The van der Waals surface area contributed by atoms with E-state index in [2.05, 4.69) is 0 Å². The number of methoxy groups -OCH3 is 1. The van der Waals surface area contributed by atoms with E-state index in [-0.39, 0.29) is 22.5 Å². The molecular weight excluding hydrogens is 201 g/mol. The molecule has 7 heteroatoms. The topological polar surface area (TPSA) is 92.8 Å². The number of benzene rings is 1. The third kappa shape index (κ3) is 2.08. The molecule has 0 unspecified atom stereocenters. The number of rotatable bonds is 3. The van der Waals surface area contributed by atoms with Gasteiger partial charge in [-0.15, -0.1) is 0 Å². The van der Waals surface area contributed by atoms with Gasteiger partial charge in [0.05, 0.1) is 12.0 Å². The molecule has 0 saturated carbocycles. The molecule has 0 heterocycles. The summed E-state index contributed by atoms with van der Waals surface area (Å²) in [5, 5.41) is 28.7. The zero-order valence-electron chi connectivity index (χ0n) is 8.30. The minimum Gasteiger partial charge on any atom is -0.490 e. The van der Waals surface area contributed by atoms with Crippen molar-refractivity contribution in [3.63, 3.8) is 0 Å². The molecule has 0 aliphatic rings. The second-order valence-corrected chi connectivity index (χ2v) is 2.96. The maximum absolute atomic E-state index is 10.7. The molecule has 0 spiro atoms. The smallest absolute Gasteiger partial charge is 0.488 e. The van der Waals surface area contributed by atoms with E-state index in [1.54, 1.807) is 0 Å². The van der Waals surface area contributed by atoms with Crippen molar-refractivity contribution in [2.45, 2.75) is 6.92 Å². The molecule has 0 saturated heterocycles. The lowest BCUT2D eigenvalue weighted by Gasteiger charge is -2.08. The van der Waals surface area contributed by atoms with E-state index in [9.17, 15) is 10.1 Å². The first-order valence-electron chi connectivity index (χ1n) is 4.17. The van der Waals surface area contributed by atoms with E-state index < -0.39 is 12.0 Å². The number of nitro benzene ring substituents is 1. The molecule has 0 aliphatic carbocycles. The van der Waals surface area contributed by atoms with E-state index in [0.29, 0.717) is 0 Å². The number of nitrogens with zero attached hydrogens (tertiary/aromatic N) is 1. The average Bonchev–Trinajstić information content (AvgIpc) is 2.15. The molecule has 1 aromatic carbocycles. The minimum absolute atomic E-state index is 0.0990. The van der Waals surface area contributed by atoms with Crippen LogP contribution in [-0.2, 0) is 0 Å². The van der Waals surface area contributed by atoms with Gasteiger partial charge in [-0.1, -0.05) is 6.07 Å². The largest absolute Gasteiger partial charge is 0.490 e. The third-order valence-corrected chi connectivity index (χ3v) is 2.12. The molecule has 0 aromatic heterocycles. The van der Waals surface area contributed by atoms with Crippen molar-refractivity contribution in [1.82, 2.24) is 0 Å². The van der Waals surface area contributed by atoms with E-state index in [1.807, 2.05) is 0 Å². The van der Waals surface area contributed by atoms with Crippen LogP contribution >= 0.6 is 0 Å². The summed E-state index contributed by atoms with van der Waals surface area (Å²) in [5.41, 5.74) is 0.0416. The standard InChI is InChI=1S/C8H10BNO5/c1-5-6(9(11)12)3-4-7(15-2)8(5)10(13)14/h3-4,11-12H,1-2H3. The van der Waals surface area contributed by atoms with Crippen LogP contribution in [0, 0.1) is 17.0 Å². The Bertz CT molecular complexity index is 393. The van der Waals surface area contributed by atoms with Crippen molar-refractivity contribution >= 4 is 18.3 Å². The van der Waals surface area contributed by atoms with Gasteiger partial charge in [-0.25, -0.2) is 0 Å². The summed E-state index contributed by atoms with van der Waals surface area (Å²) in [6.45, 7) is 1.44. The zero-order valence-corrected chi connectivity index (χ0v) is 8.30. The molecule has 0 amide bonds. The molecule has 2 N–H and O–H groups in total. The van der Waals surface area contributed by atoms with Crippen LogP contribution < -0.4 is 10.2 Å². The van der Waals surface area contributed by atoms with Gasteiger partial charge in [0.25, 0.3) is 0 Å². The van der Waals surface area contributed by atoms with Gasteiger partial charge in [-0.2, -0.15) is 0 Å². The summed E-state index contributed by atoms with van der Waals surface area (Å²) in [5.74, 6) is 0.0990. The van der Waals surface area contributed by atoms with Gasteiger partial charge in [-0.3, -0.25) is 10.1 Å². The Balaban J connectivity index is 3.42. The summed E-state index contributed by atoms with van der Waals surface area (Å²) in [4.78, 5) is 10.1. The average molecular weight is 211 g/mol. The fourth-order valence-corrected chi connectivity index (χ4v) is 1.36. The molecule has 6 nitrogen and oxygen atoms in total. The lowest BCUT2D eigenvalue weighted by molar-refractivity contribution is -0.386. The van der Waals surface area contributed by atoms with Gasteiger partial charge in [0, 0.05) is 5.56 Å². The lowest BCUT2D eigenvalue weighted by Crippen LogP contribution is -2.32. The van der Waals surface area contributed by atoms with Gasteiger partial charge in [-0.05, 0) is 18.5 Å². The quantitative estimate of drug-likeness (QED) is 0.402. The Morgan fingerprint density at radius 1 is 1.47 bits per heavy atom. The highest BCUT2D eigenvalue weighted by molar-refractivity contribution is 6.59. The molecule has 1 rings (SSSR count). The van der Waals surface area contributed by atoms with Crippen molar-refractivity contribution in [3.8, 4) is 5.75 Å². The molecule has 0 atom stereocenters. The highest BCUT2D eigenvalue weighted by Crippen LogP contribution is 2.28. The first-order chi connectivity index (χ1) is 6.99. The minimum atomic E-state index is -1.73. The number of ether oxygens (including phenoxy) is 1. The molecule has 15 heavy (non-hydrogen) atoms. The highest BCUT2D eigenvalue weighted by Gasteiger charge is 2.25. The molecular formula is C8H10BNO5. The summed E-state index contributed by atoms with van der Waals surface area (Å²) < 4.78 is 4.82. The summed E-state index contributed by atoms with van der Waals surface area (Å²) in [6.07, 6.45) is 0. The van der Waals surface area contributed by atoms with Crippen molar-refractivity contribution < 1.29 is 19.7 Å². The van der Waals surface area contributed by atoms with Gasteiger partial charge in [0.1, 0.15) is 0 Å². The van der Waals surface area contributed by atoms with Crippen LogP contribution in [0.25, 0.3) is 0 Å². The number of nitro groups is 1. The molecule has 0 fully saturated rings. The SMILES string of the molecule is COc1ccc(B(O)O)c(C)c1[N+](=O)[O-]. The summed E-state index contributed by atoms with van der Waals surface area (Å²) in [7, 11) is -0.411. The lowest BCUT2D eigenvalue weighted by atomic mass is 9.77. The van der Waals surface area contributed by atoms with Crippen LogP contribution in [0.3, 0.4) is 0 Å². The van der Waals surface area contributed by atoms with E-state index in [4.69, 9.17) is 14.8 Å². The molecule has 0 radical (unpaired) electrons. The van der Waals surface area contributed by atoms with Gasteiger partial charge < -0.3 is 14.8 Å². The van der Waals surface area contributed by atoms with Crippen LogP contribution in [0.4, 0.5) is 5.69 Å². The summed E-state index contributed by atoms with van der Waals surface area (Å²) in [6, 6.07) is 2.71. The fraction of sp³-hybridized carbons (Fsp3) is 0.250. The van der Waals surface area contributed by atoms with Crippen molar-refractivity contribution in [1.29, 1.82) is 0 Å². The van der Waals surface area contributed by atoms with Crippen LogP contribution in [-0.4, -0.2) is 29.2 Å². The Morgan fingerprint density at radius 2 is 2.07 bits per heavy atom. The Kier molecular flexibility index (Phi) is 3.28. The number of hydrogen-bond donors (Lipinski definition) is 2. The second kappa shape index (κ2) is 4.29. The normalized spacial score (nSPS) is 9.87. The fourth-order valence-electron chi connectivity index (χ4n) is 1.36. The third-order valence-electron chi connectivity index (χ3n) is 2.12. The predicted octanol–water partition coefficient (Wildman–Crippen LogP) is -0.408. The maximum Gasteiger partial charge on any atom is 0.488 e. The number of hydrogen-bond acceptors (Lipinski definition) is 5. The highest BCUT2D eigenvalue weighted by atomic mass is 16.6. The first kappa shape index (κ1) is 11.5. The van der Waals surface area contributed by atoms with E-state index in [1.165, 1.54) is 26.2 Å². The Labute approximate surface area is 86.4 Å². The van der Waals surface area contributed by atoms with Crippen molar-refractivity contribution in [2.24, 2.45) is 0 Å². The summed E-state index contributed by atoms with van der Waals surface area (Å²) >= 11 is 0. The molecule has 0 aliphatic heterocycles. The second-order valence-electron chi connectivity index (χ2n) is 2.96. The van der Waals surface area contributed by atoms with Gasteiger partial charge in [0.2, 0.25) is 0 Å². The van der Waals surface area contributed by atoms with Crippen LogP contribution in [0.15, 0.2) is 12.1 Å². The van der Waals surface area contributed by atoms with E-state index in [0.717, 1.165) is 0 Å². The van der Waals surface area contributed by atoms with Crippen molar-refractivity contribution in [3.05, 3.63) is 27.8 Å². The van der Waals surface area contributed by atoms with Crippen LogP contribution in [0.2, 0.25) is 0 Å². The molecule has 0 bridgehead atoms. The molecule has 1 aromatic rings. The Morgan fingerprint density at radius 3 is 2.47 bits per heavy atom. The molecule has 80 valence electrons. The van der Waals surface area contributed by atoms with Crippen molar-refractivity contribution in [2.75, 3.05) is 7.11 Å². The first-order valence-corrected chi connectivity index (χ1v) is 4.17. The van der Waals surface area contributed by atoms with Gasteiger partial charge >= 0.3 is 12.8 Å². The van der Waals surface area contributed by atoms with Crippen LogP contribution in [0.5, 0.6) is 5.75 Å². The predicted molar refractivity (Wildman–Crippen MR) is 54.2 cm³/mol.